The Balaban J connectivity index is 1.64. The average molecular weight is 350 g/mol. The van der Waals surface area contributed by atoms with Crippen LogP contribution in [0.4, 0.5) is 10.1 Å². The number of morpholine rings is 1. The van der Waals surface area contributed by atoms with Gasteiger partial charge in [0, 0.05) is 17.8 Å². The van der Waals surface area contributed by atoms with Gasteiger partial charge < -0.3 is 10.1 Å². The van der Waals surface area contributed by atoms with E-state index in [-0.39, 0.29) is 17.3 Å². The lowest BCUT2D eigenvalue weighted by atomic mass is 10.0. The summed E-state index contributed by atoms with van der Waals surface area (Å²) in [7, 11) is 0. The maximum Gasteiger partial charge on any atom is 0.286 e. The second-order valence-corrected chi connectivity index (χ2v) is 7.31. The zero-order valence-electron chi connectivity index (χ0n) is 13.6. The minimum Gasteiger partial charge on any atom is -0.378 e. The highest BCUT2D eigenvalue weighted by Crippen LogP contribution is 2.23. The van der Waals surface area contributed by atoms with Gasteiger partial charge in [-0.15, -0.1) is 10.2 Å². The number of aromatic nitrogens is 2. The fourth-order valence-corrected chi connectivity index (χ4v) is 3.22. The van der Waals surface area contributed by atoms with Crippen LogP contribution in [-0.4, -0.2) is 46.3 Å². The number of amides is 1. The van der Waals surface area contributed by atoms with Crippen LogP contribution >= 0.6 is 11.3 Å². The molecule has 0 bridgehead atoms. The van der Waals surface area contributed by atoms with Crippen LogP contribution in [0.1, 0.15) is 28.7 Å². The molecular weight excluding hydrogens is 331 g/mol. The van der Waals surface area contributed by atoms with Gasteiger partial charge in [0.15, 0.2) is 0 Å². The van der Waals surface area contributed by atoms with Crippen LogP contribution in [0.3, 0.4) is 0 Å². The number of halogens is 1. The molecule has 24 heavy (non-hydrogen) atoms. The van der Waals surface area contributed by atoms with Gasteiger partial charge in [0.1, 0.15) is 10.8 Å². The summed E-state index contributed by atoms with van der Waals surface area (Å²) in [4.78, 5) is 14.5. The number of nitrogens with zero attached hydrogens (tertiary/aromatic N) is 3. The number of carbonyl (C=O) groups is 1. The molecule has 1 aromatic carbocycles. The minimum absolute atomic E-state index is 0.0690. The molecule has 3 rings (SSSR count). The van der Waals surface area contributed by atoms with Crippen molar-refractivity contribution in [1.29, 1.82) is 0 Å². The maximum atomic E-state index is 12.9. The van der Waals surface area contributed by atoms with Gasteiger partial charge >= 0.3 is 0 Å². The summed E-state index contributed by atoms with van der Waals surface area (Å²) in [6, 6.07) is 5.60. The van der Waals surface area contributed by atoms with Crippen LogP contribution in [0.25, 0.3) is 0 Å². The molecule has 8 heteroatoms. The molecule has 0 aliphatic carbocycles. The minimum atomic E-state index is -0.348. The smallest absolute Gasteiger partial charge is 0.286 e. The lowest BCUT2D eigenvalue weighted by Gasteiger charge is -2.41. The van der Waals surface area contributed by atoms with Crippen molar-refractivity contribution in [2.24, 2.45) is 0 Å². The van der Waals surface area contributed by atoms with Crippen molar-refractivity contribution in [2.45, 2.75) is 25.9 Å². The summed E-state index contributed by atoms with van der Waals surface area (Å²) >= 11 is 1.27. The van der Waals surface area contributed by atoms with Gasteiger partial charge in [-0.25, -0.2) is 4.39 Å². The molecule has 6 nitrogen and oxygen atoms in total. The Morgan fingerprint density at radius 3 is 2.83 bits per heavy atom. The molecule has 1 saturated heterocycles. The molecule has 2 heterocycles. The van der Waals surface area contributed by atoms with E-state index in [2.05, 4.69) is 34.3 Å². The standard InChI is InChI=1S/C16H19FN4O2S/c1-16(2)10-23-8-7-21(16)9-13-19-20-15(24-13)14(22)18-12-5-3-11(17)4-6-12/h3-6H,7-10H2,1-2H3,(H,18,22). The highest BCUT2D eigenvalue weighted by molar-refractivity contribution is 7.13. The Bertz CT molecular complexity index is 717. The molecular formula is C16H19FN4O2S. The highest BCUT2D eigenvalue weighted by Gasteiger charge is 2.31. The molecule has 1 aliphatic rings. The van der Waals surface area contributed by atoms with E-state index >= 15 is 0 Å². The van der Waals surface area contributed by atoms with E-state index in [9.17, 15) is 9.18 Å². The van der Waals surface area contributed by atoms with Crippen molar-refractivity contribution < 1.29 is 13.9 Å². The Labute approximate surface area is 143 Å². The van der Waals surface area contributed by atoms with E-state index in [1.165, 1.54) is 35.6 Å². The lowest BCUT2D eigenvalue weighted by molar-refractivity contribution is -0.0553. The van der Waals surface area contributed by atoms with E-state index in [1.54, 1.807) is 0 Å². The van der Waals surface area contributed by atoms with Crippen LogP contribution in [0, 0.1) is 5.82 Å². The van der Waals surface area contributed by atoms with E-state index in [4.69, 9.17) is 4.74 Å². The number of nitrogens with one attached hydrogen (secondary N) is 1. The molecule has 128 valence electrons. The van der Waals surface area contributed by atoms with Crippen LogP contribution in [-0.2, 0) is 11.3 Å². The number of anilines is 1. The zero-order valence-corrected chi connectivity index (χ0v) is 14.4. The number of ether oxygens (including phenoxy) is 1. The Morgan fingerprint density at radius 1 is 1.38 bits per heavy atom. The van der Waals surface area contributed by atoms with Crippen LogP contribution in [0.5, 0.6) is 0 Å². The number of hydrogen-bond donors (Lipinski definition) is 1. The van der Waals surface area contributed by atoms with Gasteiger partial charge in [-0.1, -0.05) is 11.3 Å². The largest absolute Gasteiger partial charge is 0.378 e. The third-order valence-electron chi connectivity index (χ3n) is 3.91. The van der Waals surface area contributed by atoms with Gasteiger partial charge in [-0.05, 0) is 38.1 Å². The molecule has 1 amide bonds. The van der Waals surface area contributed by atoms with Crippen LogP contribution in [0.15, 0.2) is 24.3 Å². The SMILES string of the molecule is CC1(C)COCCN1Cc1nnc(C(=O)Nc2ccc(F)cc2)s1. The summed E-state index contributed by atoms with van der Waals surface area (Å²) in [5, 5.41) is 11.9. The normalized spacial score (nSPS) is 17.6. The van der Waals surface area contributed by atoms with Gasteiger partial charge in [-0.2, -0.15) is 0 Å². The summed E-state index contributed by atoms with van der Waals surface area (Å²) in [5.74, 6) is -0.689. The zero-order chi connectivity index (χ0) is 17.2. The van der Waals surface area contributed by atoms with Crippen molar-refractivity contribution in [1.82, 2.24) is 15.1 Å². The van der Waals surface area contributed by atoms with Gasteiger partial charge in [0.2, 0.25) is 5.01 Å². The molecule has 1 aliphatic heterocycles. The summed E-state index contributed by atoms with van der Waals surface area (Å²) in [6.07, 6.45) is 0. The number of rotatable bonds is 4. The average Bonchev–Trinajstić information content (AvgIpc) is 3.00. The summed E-state index contributed by atoms with van der Waals surface area (Å²) < 4.78 is 18.4. The monoisotopic (exact) mass is 350 g/mol. The first-order chi connectivity index (χ1) is 11.4. The molecule has 0 spiro atoms. The topological polar surface area (TPSA) is 67.3 Å². The molecule has 1 fully saturated rings. The van der Waals surface area contributed by atoms with E-state index in [1.807, 2.05) is 0 Å². The quantitative estimate of drug-likeness (QED) is 0.918. The first-order valence-electron chi connectivity index (χ1n) is 7.66. The summed E-state index contributed by atoms with van der Waals surface area (Å²) in [5.41, 5.74) is 0.452. The summed E-state index contributed by atoms with van der Waals surface area (Å²) in [6.45, 7) is 7.07. The number of carbonyl (C=O) groups excluding carboxylic acids is 1. The molecule has 1 aromatic heterocycles. The Morgan fingerprint density at radius 2 is 2.12 bits per heavy atom. The van der Waals surface area contributed by atoms with Crippen LogP contribution < -0.4 is 5.32 Å². The molecule has 0 unspecified atom stereocenters. The maximum absolute atomic E-state index is 12.9. The van der Waals surface area contributed by atoms with Gasteiger partial charge in [0.25, 0.3) is 5.91 Å². The van der Waals surface area contributed by atoms with Crippen LogP contribution in [0.2, 0.25) is 0 Å². The van der Waals surface area contributed by atoms with Gasteiger partial charge in [0.05, 0.1) is 19.8 Å². The molecule has 0 atom stereocenters. The number of benzene rings is 1. The van der Waals surface area contributed by atoms with E-state index in [0.717, 1.165) is 11.6 Å². The predicted octanol–water partition coefficient (Wildman–Crippen LogP) is 2.54. The third-order valence-corrected chi connectivity index (χ3v) is 4.81. The fraction of sp³-hybridized carbons (Fsp3) is 0.438. The third kappa shape index (κ3) is 3.95. The Kier molecular flexibility index (Phi) is 4.88. The van der Waals surface area contributed by atoms with Crippen molar-refractivity contribution in [3.05, 3.63) is 40.1 Å². The highest BCUT2D eigenvalue weighted by atomic mass is 32.1. The van der Waals surface area contributed by atoms with Crippen molar-refractivity contribution in [3.63, 3.8) is 0 Å². The second-order valence-electron chi connectivity index (χ2n) is 6.25. The van der Waals surface area contributed by atoms with E-state index in [0.29, 0.717) is 30.5 Å². The van der Waals surface area contributed by atoms with Gasteiger partial charge in [-0.3, -0.25) is 9.69 Å². The fourth-order valence-electron chi connectivity index (χ4n) is 2.47. The van der Waals surface area contributed by atoms with Crippen molar-refractivity contribution in [3.8, 4) is 0 Å². The van der Waals surface area contributed by atoms with Crippen molar-refractivity contribution in [2.75, 3.05) is 25.1 Å². The molecule has 0 radical (unpaired) electrons. The predicted molar refractivity (Wildman–Crippen MR) is 89.6 cm³/mol. The first kappa shape index (κ1) is 16.9. The first-order valence-corrected chi connectivity index (χ1v) is 8.48. The molecule has 0 saturated carbocycles. The van der Waals surface area contributed by atoms with Crippen molar-refractivity contribution >= 4 is 22.9 Å². The Hall–Kier alpha value is -1.90. The lowest BCUT2D eigenvalue weighted by Crippen LogP contribution is -2.52. The van der Waals surface area contributed by atoms with E-state index < -0.39 is 0 Å². The molecule has 1 N–H and O–H groups in total. The second kappa shape index (κ2) is 6.92. The number of hydrogen-bond acceptors (Lipinski definition) is 6. The molecule has 2 aromatic rings.